The summed E-state index contributed by atoms with van der Waals surface area (Å²) >= 11 is 0. The second-order valence-corrected chi connectivity index (χ2v) is 6.61. The number of carbonyl (C=O) groups excluding carboxylic acids is 2. The first-order valence-corrected chi connectivity index (χ1v) is 7.23. The summed E-state index contributed by atoms with van der Waals surface area (Å²) in [4.78, 5) is 36.8. The molecule has 0 spiro atoms. The van der Waals surface area contributed by atoms with Crippen LogP contribution in [0.15, 0.2) is 0 Å². The van der Waals surface area contributed by atoms with E-state index in [1.165, 1.54) is 4.90 Å². The molecule has 2 amide bonds. The van der Waals surface area contributed by atoms with Crippen LogP contribution in [0.25, 0.3) is 0 Å². The van der Waals surface area contributed by atoms with Crippen LogP contribution in [0.5, 0.6) is 0 Å². The molecule has 21 heavy (non-hydrogen) atoms. The molecule has 2 heterocycles. The molecule has 0 aromatic heterocycles. The summed E-state index contributed by atoms with van der Waals surface area (Å²) in [7, 11) is 0. The van der Waals surface area contributed by atoms with E-state index < -0.39 is 29.7 Å². The molecule has 0 bridgehead atoms. The second kappa shape index (κ2) is 5.54. The SMILES string of the molecule is CC(C)(C)OC(=O)NC1CCC2CCC(C(=O)O)N2C1=O. The third kappa shape index (κ3) is 3.46. The molecule has 7 nitrogen and oxygen atoms in total. The number of carbonyl (C=O) groups is 3. The van der Waals surface area contributed by atoms with E-state index >= 15 is 0 Å². The van der Waals surface area contributed by atoms with Gasteiger partial charge in [0.25, 0.3) is 0 Å². The minimum atomic E-state index is -0.983. The lowest BCUT2D eigenvalue weighted by Crippen LogP contribution is -2.57. The van der Waals surface area contributed by atoms with Crippen molar-refractivity contribution < 1.29 is 24.2 Å². The molecule has 0 saturated carbocycles. The normalized spacial score (nSPS) is 29.0. The van der Waals surface area contributed by atoms with E-state index in [4.69, 9.17) is 4.74 Å². The molecule has 0 radical (unpaired) electrons. The number of nitrogens with one attached hydrogen (secondary N) is 1. The average molecular weight is 298 g/mol. The maximum Gasteiger partial charge on any atom is 0.408 e. The van der Waals surface area contributed by atoms with Crippen molar-refractivity contribution in [1.29, 1.82) is 0 Å². The second-order valence-electron chi connectivity index (χ2n) is 6.61. The number of rotatable bonds is 2. The third-order valence-electron chi connectivity index (χ3n) is 3.82. The number of carboxylic acids is 1. The van der Waals surface area contributed by atoms with Crippen LogP contribution in [0.1, 0.15) is 46.5 Å². The van der Waals surface area contributed by atoms with E-state index in [2.05, 4.69) is 5.32 Å². The fourth-order valence-electron chi connectivity index (χ4n) is 2.99. The predicted molar refractivity (Wildman–Crippen MR) is 73.7 cm³/mol. The quantitative estimate of drug-likeness (QED) is 0.796. The lowest BCUT2D eigenvalue weighted by Gasteiger charge is -2.37. The van der Waals surface area contributed by atoms with Crippen molar-refractivity contribution in [2.24, 2.45) is 0 Å². The zero-order valence-corrected chi connectivity index (χ0v) is 12.6. The topological polar surface area (TPSA) is 95.9 Å². The van der Waals surface area contributed by atoms with Crippen LogP contribution in [-0.4, -0.2) is 51.7 Å². The Hall–Kier alpha value is -1.79. The highest BCUT2D eigenvalue weighted by Gasteiger charge is 2.46. The van der Waals surface area contributed by atoms with Gasteiger partial charge in [0, 0.05) is 6.04 Å². The third-order valence-corrected chi connectivity index (χ3v) is 3.82. The summed E-state index contributed by atoms with van der Waals surface area (Å²) in [5.74, 6) is -1.30. The highest BCUT2D eigenvalue weighted by Crippen LogP contribution is 2.32. The van der Waals surface area contributed by atoms with Gasteiger partial charge in [-0.25, -0.2) is 9.59 Å². The summed E-state index contributed by atoms with van der Waals surface area (Å²) in [5.41, 5.74) is -0.637. The van der Waals surface area contributed by atoms with Gasteiger partial charge in [-0.15, -0.1) is 0 Å². The minimum absolute atomic E-state index is 0.0183. The number of hydrogen-bond acceptors (Lipinski definition) is 4. The molecule has 7 heteroatoms. The van der Waals surface area contributed by atoms with Crippen LogP contribution in [0.3, 0.4) is 0 Å². The predicted octanol–water partition coefficient (Wildman–Crippen LogP) is 1.12. The maximum absolute atomic E-state index is 12.4. The molecule has 118 valence electrons. The van der Waals surface area contributed by atoms with Gasteiger partial charge in [0.1, 0.15) is 17.7 Å². The zero-order chi connectivity index (χ0) is 15.8. The monoisotopic (exact) mass is 298 g/mol. The maximum atomic E-state index is 12.4. The molecule has 2 N–H and O–H groups in total. The first-order chi connectivity index (χ1) is 9.69. The molecule has 3 unspecified atom stereocenters. The standard InChI is InChI=1S/C14H22N2O5/c1-14(2,3)21-13(20)15-9-6-4-8-5-7-10(12(18)19)16(8)11(9)17/h8-10H,4-7H2,1-3H3,(H,15,20)(H,18,19). The van der Waals surface area contributed by atoms with Crippen molar-refractivity contribution in [3.8, 4) is 0 Å². The van der Waals surface area contributed by atoms with Gasteiger partial charge in [-0.2, -0.15) is 0 Å². The molecule has 2 aliphatic rings. The Morgan fingerprint density at radius 2 is 1.86 bits per heavy atom. The number of nitrogens with zero attached hydrogens (tertiary/aromatic N) is 1. The number of ether oxygens (including phenoxy) is 1. The van der Waals surface area contributed by atoms with Gasteiger partial charge in [-0.05, 0) is 46.5 Å². The number of aliphatic carboxylic acids is 1. The van der Waals surface area contributed by atoms with Gasteiger partial charge in [-0.1, -0.05) is 0 Å². The molecule has 0 aromatic rings. The van der Waals surface area contributed by atoms with Gasteiger partial charge >= 0.3 is 12.1 Å². The van der Waals surface area contributed by atoms with Crippen molar-refractivity contribution in [1.82, 2.24) is 10.2 Å². The molecule has 2 fully saturated rings. The minimum Gasteiger partial charge on any atom is -0.480 e. The number of alkyl carbamates (subject to hydrolysis) is 1. The Bertz CT molecular complexity index is 457. The summed E-state index contributed by atoms with van der Waals surface area (Å²) in [6.07, 6.45) is 1.76. The Balaban J connectivity index is 2.02. The lowest BCUT2D eigenvalue weighted by molar-refractivity contribution is -0.152. The van der Waals surface area contributed by atoms with Crippen molar-refractivity contribution in [3.05, 3.63) is 0 Å². The first-order valence-electron chi connectivity index (χ1n) is 7.23. The number of carboxylic acid groups (broad SMARTS) is 1. The van der Waals surface area contributed by atoms with Crippen LogP contribution in [0, 0.1) is 0 Å². The Labute approximate surface area is 123 Å². The summed E-state index contributed by atoms with van der Waals surface area (Å²) in [6.45, 7) is 5.23. The van der Waals surface area contributed by atoms with E-state index in [-0.39, 0.29) is 11.9 Å². The van der Waals surface area contributed by atoms with Crippen LogP contribution < -0.4 is 5.32 Å². The fourth-order valence-corrected chi connectivity index (χ4v) is 2.99. The zero-order valence-electron chi connectivity index (χ0n) is 12.6. The van der Waals surface area contributed by atoms with Crippen molar-refractivity contribution in [2.75, 3.05) is 0 Å². The van der Waals surface area contributed by atoms with Gasteiger partial charge in [-0.3, -0.25) is 4.79 Å². The summed E-state index contributed by atoms with van der Waals surface area (Å²) in [5, 5.41) is 11.7. The molecule has 2 saturated heterocycles. The van der Waals surface area contributed by atoms with Gasteiger partial charge < -0.3 is 20.1 Å². The van der Waals surface area contributed by atoms with Crippen molar-refractivity contribution in [2.45, 2.75) is 70.2 Å². The van der Waals surface area contributed by atoms with Crippen molar-refractivity contribution >= 4 is 18.0 Å². The van der Waals surface area contributed by atoms with E-state index in [9.17, 15) is 19.5 Å². The number of amides is 2. The van der Waals surface area contributed by atoms with Gasteiger partial charge in [0.2, 0.25) is 5.91 Å². The van der Waals surface area contributed by atoms with E-state index in [1.807, 2.05) is 0 Å². The molecule has 0 aliphatic carbocycles. The fraction of sp³-hybridized carbons (Fsp3) is 0.786. The highest BCUT2D eigenvalue weighted by molar-refractivity contribution is 5.90. The van der Waals surface area contributed by atoms with E-state index in [1.54, 1.807) is 20.8 Å². The Morgan fingerprint density at radius 3 is 2.43 bits per heavy atom. The molecular formula is C14H22N2O5. The van der Waals surface area contributed by atoms with Crippen LogP contribution in [0.2, 0.25) is 0 Å². The Kier molecular flexibility index (Phi) is 4.11. The van der Waals surface area contributed by atoms with Crippen LogP contribution >= 0.6 is 0 Å². The average Bonchev–Trinajstić information content (AvgIpc) is 2.75. The molecule has 2 rings (SSSR count). The highest BCUT2D eigenvalue weighted by atomic mass is 16.6. The van der Waals surface area contributed by atoms with Crippen LogP contribution in [0.4, 0.5) is 4.79 Å². The van der Waals surface area contributed by atoms with Crippen LogP contribution in [-0.2, 0) is 14.3 Å². The van der Waals surface area contributed by atoms with E-state index in [0.717, 1.165) is 0 Å². The Morgan fingerprint density at radius 1 is 1.24 bits per heavy atom. The number of piperidine rings is 1. The largest absolute Gasteiger partial charge is 0.480 e. The van der Waals surface area contributed by atoms with Gasteiger partial charge in [0.05, 0.1) is 0 Å². The van der Waals surface area contributed by atoms with E-state index in [0.29, 0.717) is 25.7 Å². The summed E-state index contributed by atoms with van der Waals surface area (Å²) in [6, 6.07) is -1.49. The molecular weight excluding hydrogens is 276 g/mol. The lowest BCUT2D eigenvalue weighted by atomic mass is 9.98. The van der Waals surface area contributed by atoms with Crippen molar-refractivity contribution in [3.63, 3.8) is 0 Å². The molecule has 3 atom stereocenters. The number of fused-ring (bicyclic) bond motifs is 1. The van der Waals surface area contributed by atoms with Gasteiger partial charge in [0.15, 0.2) is 0 Å². The molecule has 2 aliphatic heterocycles. The first kappa shape index (κ1) is 15.6. The number of hydrogen-bond donors (Lipinski definition) is 2. The molecule has 0 aromatic carbocycles. The summed E-state index contributed by atoms with van der Waals surface area (Å²) < 4.78 is 5.14. The smallest absolute Gasteiger partial charge is 0.408 e.